The number of hydrogen-bond donors (Lipinski definition) is 2. The Morgan fingerprint density at radius 1 is 1.04 bits per heavy atom. The Kier molecular flexibility index (Phi) is 3.62. The molecule has 1 aromatic carbocycles. The number of hydrogen-bond acceptors (Lipinski definition) is 5. The van der Waals surface area contributed by atoms with E-state index >= 15 is 0 Å². The van der Waals surface area contributed by atoms with E-state index < -0.39 is 0 Å². The summed E-state index contributed by atoms with van der Waals surface area (Å²) in [5.41, 5.74) is 2.66. The van der Waals surface area contributed by atoms with E-state index in [0.717, 1.165) is 15.2 Å². The third-order valence-corrected chi connectivity index (χ3v) is 4.37. The van der Waals surface area contributed by atoms with Gasteiger partial charge in [0.05, 0.1) is 11.6 Å². The molecule has 0 aliphatic carbocycles. The van der Waals surface area contributed by atoms with Crippen molar-refractivity contribution in [2.24, 2.45) is 0 Å². The summed E-state index contributed by atoms with van der Waals surface area (Å²) in [5.74, 6) is 1.07. The second-order valence-electron chi connectivity index (χ2n) is 5.10. The number of benzene rings is 1. The Balaban J connectivity index is 1.73. The van der Waals surface area contributed by atoms with Crippen molar-refractivity contribution in [1.29, 1.82) is 0 Å². The van der Waals surface area contributed by atoms with Crippen LogP contribution < -0.4 is 15.9 Å². The maximum atomic E-state index is 11.8. The van der Waals surface area contributed by atoms with Crippen LogP contribution in [0.1, 0.15) is 0 Å². The fourth-order valence-corrected chi connectivity index (χ4v) is 3.01. The predicted octanol–water partition coefficient (Wildman–Crippen LogP) is 3.64. The van der Waals surface area contributed by atoms with E-state index in [4.69, 9.17) is 4.84 Å². The van der Waals surface area contributed by atoms with Crippen LogP contribution in [-0.2, 0) is 0 Å². The van der Waals surface area contributed by atoms with Crippen molar-refractivity contribution in [3.8, 4) is 5.75 Å². The molecule has 6 nitrogen and oxygen atoms in total. The van der Waals surface area contributed by atoms with Gasteiger partial charge in [-0.15, -0.1) is 0 Å². The molecule has 0 spiro atoms. The molecule has 0 fully saturated rings. The molecule has 0 unspecified atom stereocenters. The smallest absolute Gasteiger partial charge is 0.257 e. The van der Waals surface area contributed by atoms with Gasteiger partial charge in [0.15, 0.2) is 11.6 Å². The molecule has 2 N–H and O–H groups in total. The van der Waals surface area contributed by atoms with Gasteiger partial charge < -0.3 is 9.82 Å². The fourth-order valence-electron chi connectivity index (χ4n) is 2.51. The Morgan fingerprint density at radius 3 is 2.83 bits per heavy atom. The number of aromatic nitrogens is 3. The van der Waals surface area contributed by atoms with Gasteiger partial charge in [0.25, 0.3) is 5.56 Å². The first-order valence-electron chi connectivity index (χ1n) is 7.15. The highest BCUT2D eigenvalue weighted by atomic mass is 79.9. The van der Waals surface area contributed by atoms with Gasteiger partial charge >= 0.3 is 0 Å². The normalized spacial score (nSPS) is 10.9. The van der Waals surface area contributed by atoms with Crippen molar-refractivity contribution in [2.45, 2.75) is 0 Å². The van der Waals surface area contributed by atoms with Crippen LogP contribution in [0.15, 0.2) is 64.4 Å². The van der Waals surface area contributed by atoms with Crippen LogP contribution in [0.3, 0.4) is 0 Å². The van der Waals surface area contributed by atoms with Crippen LogP contribution in [0.25, 0.3) is 21.5 Å². The van der Waals surface area contributed by atoms with Crippen LogP contribution >= 0.6 is 15.9 Å². The molecule has 118 valence electrons. The van der Waals surface area contributed by atoms with Gasteiger partial charge in [-0.25, -0.2) is 10.5 Å². The molecule has 0 atom stereocenters. The van der Waals surface area contributed by atoms with Crippen molar-refractivity contribution >= 4 is 43.3 Å². The molecule has 3 heterocycles. The van der Waals surface area contributed by atoms with Crippen molar-refractivity contribution in [3.05, 3.63) is 69.9 Å². The quantitative estimate of drug-likeness (QED) is 0.528. The van der Waals surface area contributed by atoms with Crippen molar-refractivity contribution in [2.75, 3.05) is 5.48 Å². The van der Waals surface area contributed by atoms with Gasteiger partial charge in [0.1, 0.15) is 0 Å². The predicted molar refractivity (Wildman–Crippen MR) is 96.1 cm³/mol. The Labute approximate surface area is 144 Å². The zero-order valence-corrected chi connectivity index (χ0v) is 13.9. The summed E-state index contributed by atoms with van der Waals surface area (Å²) < 4.78 is 0.978. The number of rotatable bonds is 3. The number of nitrogens with one attached hydrogen (secondary N) is 2. The van der Waals surface area contributed by atoms with E-state index in [0.29, 0.717) is 22.3 Å². The fraction of sp³-hybridized carbons (Fsp3) is 0. The lowest BCUT2D eigenvalue weighted by molar-refractivity contribution is 0.406. The van der Waals surface area contributed by atoms with E-state index in [1.165, 1.54) is 12.4 Å². The summed E-state index contributed by atoms with van der Waals surface area (Å²) >= 11 is 3.52. The molecule has 0 amide bonds. The maximum Gasteiger partial charge on any atom is 0.257 e. The average molecular weight is 383 g/mol. The van der Waals surface area contributed by atoms with Gasteiger partial charge in [-0.05, 0) is 18.2 Å². The summed E-state index contributed by atoms with van der Waals surface area (Å²) in [5, 5.41) is 3.07. The number of anilines is 1. The minimum atomic E-state index is -0.210. The summed E-state index contributed by atoms with van der Waals surface area (Å²) in [6.07, 6.45) is 6.34. The zero-order valence-electron chi connectivity index (χ0n) is 12.3. The molecule has 0 bridgehead atoms. The summed E-state index contributed by atoms with van der Waals surface area (Å²) in [4.78, 5) is 28.4. The number of halogens is 1. The molecule has 4 aromatic rings. The summed E-state index contributed by atoms with van der Waals surface area (Å²) in [7, 11) is 0. The Hall–Kier alpha value is -2.93. The first-order chi connectivity index (χ1) is 11.7. The minimum absolute atomic E-state index is 0.210. The van der Waals surface area contributed by atoms with Crippen molar-refractivity contribution in [1.82, 2.24) is 15.0 Å². The molecule has 4 rings (SSSR count). The van der Waals surface area contributed by atoms with Crippen LogP contribution in [0, 0.1) is 0 Å². The third kappa shape index (κ3) is 2.48. The largest absolute Gasteiger partial charge is 0.378 e. The van der Waals surface area contributed by atoms with Crippen LogP contribution in [0.4, 0.5) is 5.82 Å². The first kappa shape index (κ1) is 14.6. The van der Waals surface area contributed by atoms with E-state index in [1.54, 1.807) is 18.5 Å². The second-order valence-corrected chi connectivity index (χ2v) is 5.96. The van der Waals surface area contributed by atoms with E-state index in [2.05, 4.69) is 36.4 Å². The van der Waals surface area contributed by atoms with Crippen molar-refractivity contribution in [3.63, 3.8) is 0 Å². The molecule has 0 aliphatic heterocycles. The monoisotopic (exact) mass is 382 g/mol. The van der Waals surface area contributed by atoms with E-state index in [-0.39, 0.29) is 5.56 Å². The van der Waals surface area contributed by atoms with E-state index in [9.17, 15) is 4.79 Å². The van der Waals surface area contributed by atoms with Crippen LogP contribution in [0.5, 0.6) is 5.75 Å². The highest BCUT2D eigenvalue weighted by Crippen LogP contribution is 2.28. The first-order valence-corrected chi connectivity index (χ1v) is 7.95. The lowest BCUT2D eigenvalue weighted by Gasteiger charge is -2.11. The van der Waals surface area contributed by atoms with E-state index in [1.807, 2.05) is 24.3 Å². The molecule has 0 aliphatic rings. The molecule has 7 heteroatoms. The third-order valence-electron chi connectivity index (χ3n) is 3.68. The average Bonchev–Trinajstić information content (AvgIpc) is 2.62. The van der Waals surface area contributed by atoms with Gasteiger partial charge in [0, 0.05) is 39.2 Å². The number of fused-ring (bicyclic) bond motifs is 2. The zero-order chi connectivity index (χ0) is 16.5. The van der Waals surface area contributed by atoms with Gasteiger partial charge in [-0.1, -0.05) is 28.1 Å². The molecular formula is C17H11BrN4O2. The topological polar surface area (TPSA) is 79.9 Å². The number of aromatic amines is 1. The molecule has 0 saturated carbocycles. The molecule has 0 saturated heterocycles. The van der Waals surface area contributed by atoms with Gasteiger partial charge in [-0.2, -0.15) is 0 Å². The molecule has 24 heavy (non-hydrogen) atoms. The highest BCUT2D eigenvalue weighted by molar-refractivity contribution is 9.10. The molecule has 0 radical (unpaired) electrons. The van der Waals surface area contributed by atoms with Crippen LogP contribution in [-0.4, -0.2) is 15.0 Å². The number of pyridine rings is 3. The summed E-state index contributed by atoms with van der Waals surface area (Å²) in [6.45, 7) is 0. The second kappa shape index (κ2) is 5.93. The lowest BCUT2D eigenvalue weighted by atomic mass is 10.2. The maximum absolute atomic E-state index is 11.8. The summed E-state index contributed by atoms with van der Waals surface area (Å²) in [6, 6.07) is 9.50. The minimum Gasteiger partial charge on any atom is -0.378 e. The SMILES string of the molecule is O=c1[nH]cc(ONc2nccc3c(Br)cccc23)c2ccncc12. The van der Waals surface area contributed by atoms with Gasteiger partial charge in [0.2, 0.25) is 0 Å². The molecule has 3 aromatic heterocycles. The Morgan fingerprint density at radius 2 is 1.92 bits per heavy atom. The lowest BCUT2D eigenvalue weighted by Crippen LogP contribution is -2.11. The number of nitrogens with zero attached hydrogens (tertiary/aromatic N) is 2. The van der Waals surface area contributed by atoms with Crippen molar-refractivity contribution < 1.29 is 4.84 Å². The van der Waals surface area contributed by atoms with Crippen LogP contribution in [0.2, 0.25) is 0 Å². The molecular weight excluding hydrogens is 372 g/mol. The number of H-pyrrole nitrogens is 1. The Bertz CT molecular complexity index is 1110. The highest BCUT2D eigenvalue weighted by Gasteiger charge is 2.08. The standard InChI is InChI=1S/C17H11BrN4O2/c18-14-3-1-2-12-10(14)5-7-20-16(12)22-24-15-9-21-17(23)13-8-19-6-4-11(13)15/h1-9H,(H,20,22)(H,21,23). The van der Waals surface area contributed by atoms with Gasteiger partial charge in [-0.3, -0.25) is 9.78 Å².